The van der Waals surface area contributed by atoms with Crippen LogP contribution in [-0.4, -0.2) is 50.3 Å². The molecule has 172 valence electrons. The highest BCUT2D eigenvalue weighted by Gasteiger charge is 2.43. The molecule has 8 heteroatoms. The maximum absolute atomic E-state index is 13.2. The van der Waals surface area contributed by atoms with Gasteiger partial charge in [0.2, 0.25) is 10.0 Å². The fourth-order valence-corrected chi connectivity index (χ4v) is 5.97. The number of piperidine rings is 1. The van der Waals surface area contributed by atoms with E-state index in [4.69, 9.17) is 16.6 Å². The molecule has 0 aliphatic carbocycles. The minimum atomic E-state index is -3.50. The molecule has 1 spiro atoms. The average molecular weight is 475 g/mol. The predicted octanol–water partition coefficient (Wildman–Crippen LogP) is 3.78. The molecule has 1 saturated heterocycles. The minimum absolute atomic E-state index is 0.307. The lowest BCUT2D eigenvalue weighted by molar-refractivity contribution is 0.241. The van der Waals surface area contributed by atoms with Gasteiger partial charge in [0, 0.05) is 31.2 Å². The number of hydrogen-bond donors (Lipinski definition) is 2. The quantitative estimate of drug-likeness (QED) is 0.691. The van der Waals surface area contributed by atoms with Gasteiger partial charge in [-0.3, -0.25) is 4.99 Å². The van der Waals surface area contributed by atoms with E-state index in [0.717, 1.165) is 30.1 Å². The summed E-state index contributed by atoms with van der Waals surface area (Å²) < 4.78 is 28.0. The molecule has 0 saturated carbocycles. The molecule has 4 rings (SSSR count). The lowest BCUT2D eigenvalue weighted by atomic mass is 9.85. The number of amidine groups is 1. The number of aliphatic imine (C=N–C) groups is 1. The second kappa shape index (κ2) is 9.51. The van der Waals surface area contributed by atoms with E-state index in [1.165, 1.54) is 0 Å². The van der Waals surface area contributed by atoms with E-state index in [1.807, 2.05) is 36.4 Å². The van der Waals surface area contributed by atoms with Crippen LogP contribution in [0.15, 0.2) is 58.4 Å². The number of sulfonamides is 1. The van der Waals surface area contributed by atoms with Gasteiger partial charge in [-0.25, -0.2) is 8.42 Å². The van der Waals surface area contributed by atoms with Crippen molar-refractivity contribution in [1.82, 2.24) is 14.9 Å². The highest BCUT2D eigenvalue weighted by molar-refractivity contribution is 7.89. The Bertz CT molecular complexity index is 1060. The first kappa shape index (κ1) is 23.2. The van der Waals surface area contributed by atoms with Crippen molar-refractivity contribution in [2.24, 2.45) is 4.99 Å². The predicted molar refractivity (Wildman–Crippen MR) is 130 cm³/mol. The molecule has 2 N–H and O–H groups in total. The number of benzene rings is 2. The van der Waals surface area contributed by atoms with Crippen LogP contribution >= 0.6 is 11.6 Å². The summed E-state index contributed by atoms with van der Waals surface area (Å²) in [7, 11) is -3.50. The summed E-state index contributed by atoms with van der Waals surface area (Å²) >= 11 is 5.99. The van der Waals surface area contributed by atoms with Gasteiger partial charge in [0.25, 0.3) is 0 Å². The van der Waals surface area contributed by atoms with Crippen molar-refractivity contribution in [1.29, 1.82) is 0 Å². The summed E-state index contributed by atoms with van der Waals surface area (Å²) in [6.45, 7) is 7.30. The molecule has 2 aliphatic rings. The lowest BCUT2D eigenvalue weighted by Gasteiger charge is -2.44. The normalized spacial score (nSPS) is 19.2. The first-order valence-corrected chi connectivity index (χ1v) is 13.0. The summed E-state index contributed by atoms with van der Waals surface area (Å²) in [6, 6.07) is 15.0. The Balaban J connectivity index is 1.43. The third-order valence-corrected chi connectivity index (χ3v) is 8.60. The highest BCUT2D eigenvalue weighted by atomic mass is 35.5. The average Bonchev–Trinajstić information content (AvgIpc) is 2.80. The molecule has 0 unspecified atom stereocenters. The molecule has 2 aliphatic heterocycles. The number of nitrogens with one attached hydrogen (secondary N) is 2. The molecule has 1 fully saturated rings. The summed E-state index contributed by atoms with van der Waals surface area (Å²) in [6.07, 6.45) is 1.37. The van der Waals surface area contributed by atoms with Crippen LogP contribution in [0.2, 0.25) is 5.02 Å². The van der Waals surface area contributed by atoms with Gasteiger partial charge < -0.3 is 10.6 Å². The van der Waals surface area contributed by atoms with Gasteiger partial charge >= 0.3 is 0 Å². The van der Waals surface area contributed by atoms with Gasteiger partial charge in [0.1, 0.15) is 5.84 Å². The van der Waals surface area contributed by atoms with Gasteiger partial charge in [-0.2, -0.15) is 4.31 Å². The van der Waals surface area contributed by atoms with Crippen molar-refractivity contribution in [2.75, 3.05) is 26.2 Å². The van der Waals surface area contributed by atoms with E-state index >= 15 is 0 Å². The van der Waals surface area contributed by atoms with Crippen molar-refractivity contribution in [3.63, 3.8) is 0 Å². The van der Waals surface area contributed by atoms with E-state index in [-0.39, 0.29) is 5.54 Å². The minimum Gasteiger partial charge on any atom is -0.368 e. The van der Waals surface area contributed by atoms with Crippen LogP contribution in [0.4, 0.5) is 0 Å². The van der Waals surface area contributed by atoms with Gasteiger partial charge in [-0.05, 0) is 54.2 Å². The maximum atomic E-state index is 13.2. The van der Waals surface area contributed by atoms with Crippen molar-refractivity contribution >= 4 is 27.5 Å². The number of halogens is 1. The number of rotatable bonds is 5. The Morgan fingerprint density at radius 2 is 1.75 bits per heavy atom. The van der Waals surface area contributed by atoms with Crippen molar-refractivity contribution < 1.29 is 8.42 Å². The van der Waals surface area contributed by atoms with Gasteiger partial charge in [0.05, 0.1) is 17.0 Å². The molecule has 2 aromatic rings. The molecule has 6 nitrogen and oxygen atoms in total. The fraction of sp³-hybridized carbons (Fsp3) is 0.458. The summed E-state index contributed by atoms with van der Waals surface area (Å²) in [4.78, 5) is 5.12. The molecular formula is C24H31ClN4O2S. The van der Waals surface area contributed by atoms with Gasteiger partial charge in [0.15, 0.2) is 0 Å². The largest absolute Gasteiger partial charge is 0.368 e. The molecule has 0 bridgehead atoms. The summed E-state index contributed by atoms with van der Waals surface area (Å²) in [5, 5.41) is 7.84. The zero-order chi connectivity index (χ0) is 22.8. The molecule has 0 radical (unpaired) electrons. The first-order valence-electron chi connectivity index (χ1n) is 11.2. The monoisotopic (exact) mass is 474 g/mol. The molecule has 32 heavy (non-hydrogen) atoms. The summed E-state index contributed by atoms with van der Waals surface area (Å²) in [5.41, 5.74) is 1.96. The third-order valence-electron chi connectivity index (χ3n) is 6.43. The SMILES string of the molecule is CC(C)c1ccc(S(=O)(=O)N2CCC3(CC2)NCCN=C3NCc2ccc(Cl)cc2)cc1. The lowest BCUT2D eigenvalue weighted by Crippen LogP contribution is -2.64. The van der Waals surface area contributed by atoms with Crippen LogP contribution in [0.5, 0.6) is 0 Å². The van der Waals surface area contributed by atoms with Crippen LogP contribution < -0.4 is 10.6 Å². The van der Waals surface area contributed by atoms with E-state index in [1.54, 1.807) is 16.4 Å². The smallest absolute Gasteiger partial charge is 0.243 e. The Hall–Kier alpha value is -1.93. The van der Waals surface area contributed by atoms with Crippen LogP contribution in [0, 0.1) is 0 Å². The molecule has 0 aromatic heterocycles. The Morgan fingerprint density at radius 3 is 2.38 bits per heavy atom. The molecular weight excluding hydrogens is 444 g/mol. The van der Waals surface area contributed by atoms with Crippen molar-refractivity contribution in [3.8, 4) is 0 Å². The molecule has 0 amide bonds. The van der Waals surface area contributed by atoms with E-state index in [2.05, 4.69) is 24.5 Å². The molecule has 0 atom stereocenters. The molecule has 2 aromatic carbocycles. The van der Waals surface area contributed by atoms with E-state index in [9.17, 15) is 8.42 Å². The van der Waals surface area contributed by atoms with E-state index in [0.29, 0.717) is 48.3 Å². The topological polar surface area (TPSA) is 73.8 Å². The maximum Gasteiger partial charge on any atom is 0.243 e. The van der Waals surface area contributed by atoms with Crippen molar-refractivity contribution in [3.05, 3.63) is 64.7 Å². The van der Waals surface area contributed by atoms with Gasteiger partial charge in [-0.15, -0.1) is 0 Å². The Kier molecular flexibility index (Phi) is 6.91. The fourth-order valence-electron chi connectivity index (χ4n) is 4.41. The van der Waals surface area contributed by atoms with Gasteiger partial charge in [-0.1, -0.05) is 49.7 Å². The highest BCUT2D eigenvalue weighted by Crippen LogP contribution is 2.29. The van der Waals surface area contributed by atoms with Crippen LogP contribution in [0.3, 0.4) is 0 Å². The second-order valence-electron chi connectivity index (χ2n) is 8.85. The third kappa shape index (κ3) is 4.86. The zero-order valence-electron chi connectivity index (χ0n) is 18.6. The number of nitrogens with zero attached hydrogens (tertiary/aromatic N) is 2. The zero-order valence-corrected chi connectivity index (χ0v) is 20.2. The summed E-state index contributed by atoms with van der Waals surface area (Å²) in [5.74, 6) is 1.30. The Morgan fingerprint density at radius 1 is 1.09 bits per heavy atom. The number of hydrogen-bond acceptors (Lipinski definition) is 5. The second-order valence-corrected chi connectivity index (χ2v) is 11.2. The standard InChI is InChI=1S/C24H31ClN4O2S/c1-18(2)20-5-9-22(10-6-20)32(30,31)29-15-11-24(12-16-29)23(26-13-14-28-24)27-17-19-3-7-21(25)8-4-19/h3-10,18,28H,11-17H2,1-2H3,(H,26,27). The van der Waals surface area contributed by atoms with Crippen LogP contribution in [0.25, 0.3) is 0 Å². The van der Waals surface area contributed by atoms with Crippen molar-refractivity contribution in [2.45, 2.75) is 49.6 Å². The van der Waals surface area contributed by atoms with Crippen LogP contribution in [0.1, 0.15) is 43.7 Å². The molecule has 2 heterocycles. The van der Waals surface area contributed by atoms with E-state index < -0.39 is 10.0 Å². The first-order chi connectivity index (χ1) is 15.3. The van der Waals surface area contributed by atoms with Crippen LogP contribution in [-0.2, 0) is 16.6 Å². The Labute approximate surface area is 196 Å².